The van der Waals surface area contributed by atoms with Crippen molar-refractivity contribution in [2.75, 3.05) is 25.5 Å². The number of nitrogens with two attached hydrogens (primary N) is 1. The standard InChI is InChI=1S/C16H24N4.HI/c1-20-9-3-6-15(20)11-18-16(17)19-14-8-7-12-4-2-5-13(12)10-14;/h7-8,10,15H,2-6,9,11H2,1H3,(H3,17,18,19);1H. The molecule has 1 aliphatic heterocycles. The lowest BCUT2D eigenvalue weighted by atomic mass is 10.1. The molecule has 3 rings (SSSR count). The first kappa shape index (κ1) is 16.5. The molecule has 1 aliphatic carbocycles. The summed E-state index contributed by atoms with van der Waals surface area (Å²) in [4.78, 5) is 6.85. The van der Waals surface area contributed by atoms with Gasteiger partial charge in [-0.2, -0.15) is 0 Å². The van der Waals surface area contributed by atoms with E-state index in [9.17, 15) is 0 Å². The van der Waals surface area contributed by atoms with Gasteiger partial charge < -0.3 is 16.0 Å². The van der Waals surface area contributed by atoms with Crippen LogP contribution in [0.4, 0.5) is 5.69 Å². The Morgan fingerprint density at radius 2 is 2.14 bits per heavy atom. The molecule has 2 aliphatic rings. The molecule has 5 heteroatoms. The Labute approximate surface area is 144 Å². The molecule has 1 heterocycles. The van der Waals surface area contributed by atoms with Crippen LogP contribution in [0.15, 0.2) is 23.2 Å². The third-order valence-corrected chi connectivity index (χ3v) is 4.51. The van der Waals surface area contributed by atoms with E-state index in [4.69, 9.17) is 5.73 Å². The molecule has 0 bridgehead atoms. The second-order valence-electron chi connectivity index (χ2n) is 5.96. The Hall–Kier alpha value is -0.820. The van der Waals surface area contributed by atoms with Crippen LogP contribution >= 0.6 is 24.0 Å². The lowest BCUT2D eigenvalue weighted by Gasteiger charge is -2.17. The van der Waals surface area contributed by atoms with Crippen LogP contribution in [0.1, 0.15) is 30.4 Å². The highest BCUT2D eigenvalue weighted by molar-refractivity contribution is 14.0. The first-order chi connectivity index (χ1) is 9.72. The minimum Gasteiger partial charge on any atom is -0.370 e. The van der Waals surface area contributed by atoms with Gasteiger partial charge >= 0.3 is 0 Å². The monoisotopic (exact) mass is 400 g/mol. The molecule has 0 amide bonds. The molecule has 1 aromatic carbocycles. The highest BCUT2D eigenvalue weighted by atomic mass is 127. The Morgan fingerprint density at radius 3 is 2.90 bits per heavy atom. The van der Waals surface area contributed by atoms with E-state index in [2.05, 4.69) is 40.5 Å². The number of benzene rings is 1. The molecule has 0 spiro atoms. The van der Waals surface area contributed by atoms with Crippen LogP contribution in [0.3, 0.4) is 0 Å². The van der Waals surface area contributed by atoms with Gasteiger partial charge in [0.25, 0.3) is 0 Å². The molecule has 4 nitrogen and oxygen atoms in total. The predicted octanol–water partition coefficient (Wildman–Crippen LogP) is 2.61. The molecule has 1 aromatic rings. The van der Waals surface area contributed by atoms with Crippen molar-refractivity contribution in [2.45, 2.75) is 38.1 Å². The molecule has 1 fully saturated rings. The van der Waals surface area contributed by atoms with Gasteiger partial charge in [0.2, 0.25) is 0 Å². The fourth-order valence-electron chi connectivity index (χ4n) is 3.25. The lowest BCUT2D eigenvalue weighted by molar-refractivity contribution is 0.317. The van der Waals surface area contributed by atoms with Gasteiger partial charge in [-0.25, -0.2) is 0 Å². The number of nitrogens with zero attached hydrogens (tertiary/aromatic N) is 2. The highest BCUT2D eigenvalue weighted by Gasteiger charge is 2.20. The minimum absolute atomic E-state index is 0. The van der Waals surface area contributed by atoms with Crippen molar-refractivity contribution >= 4 is 35.6 Å². The van der Waals surface area contributed by atoms with Crippen LogP contribution in [-0.4, -0.2) is 37.0 Å². The maximum atomic E-state index is 5.99. The van der Waals surface area contributed by atoms with E-state index in [1.165, 1.54) is 49.8 Å². The summed E-state index contributed by atoms with van der Waals surface area (Å²) in [5.74, 6) is 0.531. The van der Waals surface area contributed by atoms with Crippen molar-refractivity contribution in [1.82, 2.24) is 4.90 Å². The molecule has 1 unspecified atom stereocenters. The summed E-state index contributed by atoms with van der Waals surface area (Å²) in [5.41, 5.74) is 10.00. The van der Waals surface area contributed by atoms with Gasteiger partial charge in [-0.3, -0.25) is 4.99 Å². The zero-order chi connectivity index (χ0) is 13.9. The number of likely N-dealkylation sites (N-methyl/N-ethyl adjacent to an activating group) is 1. The van der Waals surface area contributed by atoms with Gasteiger partial charge in [-0.15, -0.1) is 24.0 Å². The second-order valence-corrected chi connectivity index (χ2v) is 5.96. The van der Waals surface area contributed by atoms with E-state index in [-0.39, 0.29) is 24.0 Å². The number of halogens is 1. The largest absolute Gasteiger partial charge is 0.370 e. The van der Waals surface area contributed by atoms with Gasteiger partial charge in [0.05, 0.1) is 6.54 Å². The number of anilines is 1. The summed E-state index contributed by atoms with van der Waals surface area (Å²) >= 11 is 0. The Morgan fingerprint density at radius 1 is 1.33 bits per heavy atom. The lowest BCUT2D eigenvalue weighted by Crippen LogP contribution is -2.30. The molecule has 1 atom stereocenters. The summed E-state index contributed by atoms with van der Waals surface area (Å²) in [6, 6.07) is 7.08. The van der Waals surface area contributed by atoms with E-state index >= 15 is 0 Å². The number of guanidine groups is 1. The SMILES string of the molecule is CN1CCCC1CN=C(N)Nc1ccc2c(c1)CCC2.I. The van der Waals surface area contributed by atoms with Gasteiger partial charge in [0.15, 0.2) is 5.96 Å². The normalized spacial score (nSPS) is 22.0. The van der Waals surface area contributed by atoms with Crippen molar-refractivity contribution < 1.29 is 0 Å². The van der Waals surface area contributed by atoms with Crippen molar-refractivity contribution in [3.05, 3.63) is 29.3 Å². The van der Waals surface area contributed by atoms with Crippen LogP contribution in [0, 0.1) is 0 Å². The molecule has 0 radical (unpaired) electrons. The van der Waals surface area contributed by atoms with Crippen LogP contribution in [0.2, 0.25) is 0 Å². The van der Waals surface area contributed by atoms with Crippen LogP contribution in [0.25, 0.3) is 0 Å². The van der Waals surface area contributed by atoms with E-state index in [0.717, 1.165) is 12.2 Å². The Kier molecular flexibility index (Phi) is 5.87. The summed E-state index contributed by atoms with van der Waals surface area (Å²) < 4.78 is 0. The first-order valence-corrected chi connectivity index (χ1v) is 7.61. The molecule has 1 saturated heterocycles. The molecular formula is C16H25IN4. The van der Waals surface area contributed by atoms with Crippen molar-refractivity contribution in [3.63, 3.8) is 0 Å². The fraction of sp³-hybridized carbons (Fsp3) is 0.562. The second kappa shape index (κ2) is 7.45. The number of hydrogen-bond acceptors (Lipinski definition) is 2. The summed E-state index contributed by atoms with van der Waals surface area (Å²) in [6.45, 7) is 1.97. The molecule has 0 aromatic heterocycles. The summed E-state index contributed by atoms with van der Waals surface area (Å²) in [5, 5.41) is 3.22. The number of aryl methyl sites for hydroxylation is 2. The Balaban J connectivity index is 0.00000161. The number of aliphatic imine (C=N–C) groups is 1. The van der Waals surface area contributed by atoms with E-state index in [1.807, 2.05) is 0 Å². The zero-order valence-electron chi connectivity index (χ0n) is 12.6. The molecule has 116 valence electrons. The van der Waals surface area contributed by atoms with Crippen molar-refractivity contribution in [3.8, 4) is 0 Å². The van der Waals surface area contributed by atoms with Gasteiger partial charge in [-0.05, 0) is 69.0 Å². The first-order valence-electron chi connectivity index (χ1n) is 7.61. The highest BCUT2D eigenvalue weighted by Crippen LogP contribution is 2.24. The minimum atomic E-state index is 0. The number of likely N-dealkylation sites (tertiary alicyclic amines) is 1. The third kappa shape index (κ3) is 4.10. The number of rotatable bonds is 3. The maximum absolute atomic E-state index is 5.99. The number of hydrogen-bond donors (Lipinski definition) is 2. The third-order valence-electron chi connectivity index (χ3n) is 4.51. The van der Waals surface area contributed by atoms with Gasteiger partial charge in [0, 0.05) is 11.7 Å². The summed E-state index contributed by atoms with van der Waals surface area (Å²) in [6.07, 6.45) is 6.18. The van der Waals surface area contributed by atoms with Gasteiger partial charge in [-0.1, -0.05) is 6.07 Å². The Bertz CT molecular complexity index is 515. The molecule has 0 saturated carbocycles. The topological polar surface area (TPSA) is 53.6 Å². The number of fused-ring (bicyclic) bond motifs is 1. The molecule has 3 N–H and O–H groups in total. The average Bonchev–Trinajstić information content (AvgIpc) is 3.04. The van der Waals surface area contributed by atoms with E-state index in [1.54, 1.807) is 0 Å². The average molecular weight is 400 g/mol. The molecular weight excluding hydrogens is 375 g/mol. The van der Waals surface area contributed by atoms with Crippen molar-refractivity contribution in [2.24, 2.45) is 10.7 Å². The van der Waals surface area contributed by atoms with Crippen LogP contribution in [0.5, 0.6) is 0 Å². The smallest absolute Gasteiger partial charge is 0.193 e. The van der Waals surface area contributed by atoms with Crippen LogP contribution < -0.4 is 11.1 Å². The zero-order valence-corrected chi connectivity index (χ0v) is 15.0. The van der Waals surface area contributed by atoms with Gasteiger partial charge in [0.1, 0.15) is 0 Å². The fourth-order valence-corrected chi connectivity index (χ4v) is 3.25. The number of nitrogens with one attached hydrogen (secondary N) is 1. The predicted molar refractivity (Wildman–Crippen MR) is 99.6 cm³/mol. The maximum Gasteiger partial charge on any atom is 0.193 e. The van der Waals surface area contributed by atoms with E-state index in [0.29, 0.717) is 12.0 Å². The van der Waals surface area contributed by atoms with Crippen molar-refractivity contribution in [1.29, 1.82) is 0 Å². The quantitative estimate of drug-likeness (QED) is 0.466. The molecule has 21 heavy (non-hydrogen) atoms. The van der Waals surface area contributed by atoms with E-state index < -0.39 is 0 Å². The van der Waals surface area contributed by atoms with Crippen LogP contribution in [-0.2, 0) is 12.8 Å². The summed E-state index contributed by atoms with van der Waals surface area (Å²) in [7, 11) is 2.16.